The van der Waals surface area contributed by atoms with Crippen molar-refractivity contribution >= 4 is 11.8 Å². The third-order valence-electron chi connectivity index (χ3n) is 7.84. The first-order chi connectivity index (χ1) is 17.9. The zero-order valence-electron chi connectivity index (χ0n) is 21.8. The lowest BCUT2D eigenvalue weighted by Crippen LogP contribution is -2.38. The molecule has 0 saturated carbocycles. The van der Waals surface area contributed by atoms with Crippen LogP contribution in [0.2, 0.25) is 0 Å². The number of H-pyrrole nitrogens is 1. The minimum atomic E-state index is 0.0630. The van der Waals surface area contributed by atoms with Crippen molar-refractivity contribution in [1.82, 2.24) is 19.8 Å². The molecule has 0 bridgehead atoms. The van der Waals surface area contributed by atoms with Gasteiger partial charge in [0.1, 0.15) is 5.82 Å². The van der Waals surface area contributed by atoms with Crippen LogP contribution in [0.25, 0.3) is 11.4 Å². The number of fused-ring (bicyclic) bond motifs is 1. The van der Waals surface area contributed by atoms with E-state index < -0.39 is 0 Å². The van der Waals surface area contributed by atoms with Crippen LogP contribution in [0.4, 0.5) is 0 Å². The summed E-state index contributed by atoms with van der Waals surface area (Å²) >= 11 is 0. The highest BCUT2D eigenvalue weighted by atomic mass is 16.2. The van der Waals surface area contributed by atoms with Crippen molar-refractivity contribution in [3.8, 4) is 17.5 Å². The molecule has 1 aromatic heterocycles. The molecule has 0 aliphatic carbocycles. The Morgan fingerprint density at radius 3 is 2.46 bits per heavy atom. The van der Waals surface area contributed by atoms with Gasteiger partial charge in [0.25, 0.3) is 5.91 Å². The Morgan fingerprint density at radius 1 is 1.05 bits per heavy atom. The van der Waals surface area contributed by atoms with E-state index in [1.54, 1.807) is 0 Å². The van der Waals surface area contributed by atoms with E-state index >= 15 is 0 Å². The molecule has 5 rings (SSSR count). The summed E-state index contributed by atoms with van der Waals surface area (Å²) in [6.45, 7) is 8.60. The van der Waals surface area contributed by atoms with Crippen LogP contribution in [0.3, 0.4) is 0 Å². The number of hydrogen-bond donors (Lipinski definition) is 1. The number of aromatic amines is 1. The largest absolute Gasteiger partial charge is 0.340 e. The molecule has 3 heterocycles. The maximum atomic E-state index is 13.6. The van der Waals surface area contributed by atoms with Crippen molar-refractivity contribution < 1.29 is 9.59 Å². The zero-order valence-corrected chi connectivity index (χ0v) is 21.8. The minimum absolute atomic E-state index is 0.0630. The van der Waals surface area contributed by atoms with E-state index in [9.17, 15) is 9.59 Å². The molecular weight excluding hydrogens is 462 g/mol. The molecule has 0 spiro atoms. The molecule has 1 saturated heterocycles. The fraction of sp³-hybridized carbons (Fsp3) is 0.400. The fourth-order valence-corrected chi connectivity index (χ4v) is 5.61. The predicted octanol–water partition coefficient (Wildman–Crippen LogP) is 4.88. The summed E-state index contributed by atoms with van der Waals surface area (Å²) in [6, 6.07) is 14.0. The van der Waals surface area contributed by atoms with Crippen molar-refractivity contribution in [3.63, 3.8) is 0 Å². The summed E-state index contributed by atoms with van der Waals surface area (Å²) in [7, 11) is 0. The number of carbonyl (C=O) groups is 2. The minimum Gasteiger partial charge on any atom is -0.340 e. The number of aryl methyl sites for hydroxylation is 2. The standard InChI is InChI=1S/C30H33N5O2/c1-4-28(36)35-14-11-26-27(18-35)33-29(32-26)24-16-25(20(3)15-19(24)2)30(37)34-12-9-23(10-13-34)22-7-5-21(17-31)6-8-22/h5-8,15-16,23H,4,9-14,18H2,1-3H3,(H,32,33). The predicted molar refractivity (Wildman–Crippen MR) is 142 cm³/mol. The van der Waals surface area contributed by atoms with Crippen LogP contribution in [-0.2, 0) is 17.8 Å². The first kappa shape index (κ1) is 24.8. The van der Waals surface area contributed by atoms with E-state index in [4.69, 9.17) is 10.2 Å². The molecule has 2 aromatic carbocycles. The van der Waals surface area contributed by atoms with Gasteiger partial charge in [0.15, 0.2) is 0 Å². The van der Waals surface area contributed by atoms with Crippen LogP contribution in [0.15, 0.2) is 36.4 Å². The van der Waals surface area contributed by atoms with Gasteiger partial charge in [-0.2, -0.15) is 5.26 Å². The van der Waals surface area contributed by atoms with E-state index in [0.29, 0.717) is 44.1 Å². The number of benzene rings is 2. The average molecular weight is 496 g/mol. The molecule has 2 amide bonds. The molecule has 3 aromatic rings. The second-order valence-corrected chi connectivity index (χ2v) is 10.2. The van der Waals surface area contributed by atoms with Crippen molar-refractivity contribution in [1.29, 1.82) is 5.26 Å². The van der Waals surface area contributed by atoms with Crippen LogP contribution >= 0.6 is 0 Å². The SMILES string of the molecule is CCC(=O)N1CCc2nc(-c3cc(C(=O)N4CCC(c5ccc(C#N)cc5)CC4)c(C)cc3C)[nH]c2C1. The van der Waals surface area contributed by atoms with Crippen LogP contribution in [-0.4, -0.2) is 51.2 Å². The van der Waals surface area contributed by atoms with Gasteiger partial charge in [-0.3, -0.25) is 9.59 Å². The van der Waals surface area contributed by atoms with Gasteiger partial charge in [0, 0.05) is 43.6 Å². The Hall–Kier alpha value is -3.92. The van der Waals surface area contributed by atoms with Gasteiger partial charge in [0.2, 0.25) is 5.91 Å². The monoisotopic (exact) mass is 495 g/mol. The Kier molecular flexibility index (Phi) is 6.84. The number of imidazole rings is 1. The van der Waals surface area contributed by atoms with E-state index in [0.717, 1.165) is 58.7 Å². The maximum Gasteiger partial charge on any atom is 0.254 e. The molecular formula is C30H33N5O2. The molecule has 1 N–H and O–H groups in total. The lowest BCUT2D eigenvalue weighted by molar-refractivity contribution is -0.131. The summed E-state index contributed by atoms with van der Waals surface area (Å²) in [5.41, 5.74) is 7.59. The van der Waals surface area contributed by atoms with Crippen molar-refractivity contribution in [2.45, 2.75) is 58.9 Å². The van der Waals surface area contributed by atoms with Crippen LogP contribution < -0.4 is 0 Å². The van der Waals surface area contributed by atoms with Gasteiger partial charge in [-0.25, -0.2) is 4.98 Å². The second-order valence-electron chi connectivity index (χ2n) is 10.2. The number of hydrogen-bond acceptors (Lipinski definition) is 4. The summed E-state index contributed by atoms with van der Waals surface area (Å²) < 4.78 is 0. The van der Waals surface area contributed by atoms with Gasteiger partial charge in [-0.05, 0) is 67.5 Å². The van der Waals surface area contributed by atoms with E-state index in [1.165, 1.54) is 5.56 Å². The van der Waals surface area contributed by atoms with Crippen molar-refractivity contribution in [2.24, 2.45) is 0 Å². The number of amides is 2. The van der Waals surface area contributed by atoms with Gasteiger partial charge in [-0.1, -0.05) is 25.1 Å². The molecule has 2 aliphatic heterocycles. The molecule has 37 heavy (non-hydrogen) atoms. The Balaban J connectivity index is 1.33. The first-order valence-corrected chi connectivity index (χ1v) is 13.1. The molecule has 190 valence electrons. The zero-order chi connectivity index (χ0) is 26.1. The number of carbonyl (C=O) groups excluding carboxylic acids is 2. The smallest absolute Gasteiger partial charge is 0.254 e. The lowest BCUT2D eigenvalue weighted by Gasteiger charge is -2.32. The summed E-state index contributed by atoms with van der Waals surface area (Å²) in [5.74, 6) is 1.39. The first-order valence-electron chi connectivity index (χ1n) is 13.1. The Bertz CT molecular complexity index is 1370. The number of aromatic nitrogens is 2. The number of piperidine rings is 1. The Morgan fingerprint density at radius 2 is 1.78 bits per heavy atom. The normalized spacial score (nSPS) is 15.8. The lowest BCUT2D eigenvalue weighted by atomic mass is 9.88. The highest BCUT2D eigenvalue weighted by Gasteiger charge is 2.27. The van der Waals surface area contributed by atoms with Gasteiger partial charge < -0.3 is 14.8 Å². The highest BCUT2D eigenvalue weighted by molar-refractivity contribution is 5.97. The van der Waals surface area contributed by atoms with Crippen LogP contribution in [0.5, 0.6) is 0 Å². The highest BCUT2D eigenvalue weighted by Crippen LogP contribution is 2.31. The molecule has 0 radical (unpaired) electrons. The molecule has 1 fully saturated rings. The number of rotatable bonds is 4. The van der Waals surface area contributed by atoms with Gasteiger partial charge >= 0.3 is 0 Å². The van der Waals surface area contributed by atoms with E-state index in [2.05, 4.69) is 17.1 Å². The number of nitrogens with one attached hydrogen (secondary N) is 1. The number of nitrogens with zero attached hydrogens (tertiary/aromatic N) is 4. The Labute approximate surface area is 218 Å². The summed E-state index contributed by atoms with van der Waals surface area (Å²) in [6.07, 6.45) is 3.06. The van der Waals surface area contributed by atoms with E-state index in [-0.39, 0.29) is 11.8 Å². The van der Waals surface area contributed by atoms with Crippen LogP contribution in [0, 0.1) is 25.2 Å². The van der Waals surface area contributed by atoms with Crippen molar-refractivity contribution in [3.05, 3.63) is 75.6 Å². The molecule has 0 atom stereocenters. The maximum absolute atomic E-state index is 13.6. The molecule has 2 aliphatic rings. The van der Waals surface area contributed by atoms with Gasteiger partial charge in [0.05, 0.1) is 29.6 Å². The third-order valence-corrected chi connectivity index (χ3v) is 7.84. The third kappa shape index (κ3) is 4.89. The average Bonchev–Trinajstić information content (AvgIpc) is 3.35. The summed E-state index contributed by atoms with van der Waals surface area (Å²) in [5, 5.41) is 9.04. The number of likely N-dealkylation sites (tertiary alicyclic amines) is 1. The molecule has 0 unspecified atom stereocenters. The fourth-order valence-electron chi connectivity index (χ4n) is 5.61. The molecule has 7 heteroatoms. The second kappa shape index (κ2) is 10.2. The summed E-state index contributed by atoms with van der Waals surface area (Å²) in [4.78, 5) is 37.9. The van der Waals surface area contributed by atoms with Gasteiger partial charge in [-0.15, -0.1) is 0 Å². The van der Waals surface area contributed by atoms with Crippen LogP contribution in [0.1, 0.15) is 76.1 Å². The topological polar surface area (TPSA) is 93.1 Å². The quantitative estimate of drug-likeness (QED) is 0.558. The number of nitriles is 1. The molecule has 7 nitrogen and oxygen atoms in total. The van der Waals surface area contributed by atoms with Crippen molar-refractivity contribution in [2.75, 3.05) is 19.6 Å². The van der Waals surface area contributed by atoms with E-state index in [1.807, 2.05) is 60.9 Å².